The summed E-state index contributed by atoms with van der Waals surface area (Å²) in [5.74, 6) is -0.537. The lowest BCUT2D eigenvalue weighted by Crippen LogP contribution is -2.17. The van der Waals surface area contributed by atoms with Gasteiger partial charge in [0.2, 0.25) is 5.78 Å². The molecule has 0 atom stereocenters. The highest BCUT2D eigenvalue weighted by molar-refractivity contribution is 7.21. The third-order valence-corrected chi connectivity index (χ3v) is 5.92. The zero-order valence-electron chi connectivity index (χ0n) is 15.9. The van der Waals surface area contributed by atoms with Gasteiger partial charge in [-0.15, -0.1) is 11.3 Å². The van der Waals surface area contributed by atoms with E-state index in [9.17, 15) is 9.18 Å². The number of ether oxygens (including phenoxy) is 2. The van der Waals surface area contributed by atoms with Crippen molar-refractivity contribution >= 4 is 27.3 Å². The number of carbonyl (C=O) groups is 1. The standard InChI is InChI=1S/C23H17FN2O3S/c24-17-12-15(23-28-10-3-11-29-23)5-7-16(17)22-26-18-8-6-14(13-20(18)30-22)21(27)19-4-1-2-9-25-19/h1-2,4-9,12-13,23H,3,10-11H2. The maximum Gasteiger partial charge on any atom is 0.211 e. The Morgan fingerprint density at radius 1 is 1.07 bits per heavy atom. The van der Waals surface area contributed by atoms with Crippen LogP contribution in [0.25, 0.3) is 20.8 Å². The fourth-order valence-electron chi connectivity index (χ4n) is 3.36. The zero-order chi connectivity index (χ0) is 20.5. The van der Waals surface area contributed by atoms with Crippen LogP contribution in [0.5, 0.6) is 0 Å². The van der Waals surface area contributed by atoms with Gasteiger partial charge >= 0.3 is 0 Å². The van der Waals surface area contributed by atoms with Crippen LogP contribution >= 0.6 is 11.3 Å². The minimum atomic E-state index is -0.530. The predicted octanol–water partition coefficient (Wildman–Crippen LogP) is 5.16. The quantitative estimate of drug-likeness (QED) is 0.427. The average Bonchev–Trinajstić information content (AvgIpc) is 3.22. The predicted molar refractivity (Wildman–Crippen MR) is 112 cm³/mol. The SMILES string of the molecule is O=C(c1ccc2nc(-c3ccc(C4OCCCO4)cc3F)sc2c1)c1ccccn1. The van der Waals surface area contributed by atoms with E-state index in [0.29, 0.717) is 40.6 Å². The number of hydrogen-bond acceptors (Lipinski definition) is 6. The summed E-state index contributed by atoms with van der Waals surface area (Å²) < 4.78 is 26.7. The highest BCUT2D eigenvalue weighted by atomic mass is 32.1. The number of nitrogens with zero attached hydrogens (tertiary/aromatic N) is 2. The lowest BCUT2D eigenvalue weighted by molar-refractivity contribution is -0.183. The number of aromatic nitrogens is 2. The number of rotatable bonds is 4. The molecule has 1 aliphatic rings. The molecule has 150 valence electrons. The van der Waals surface area contributed by atoms with Crippen LogP contribution in [-0.2, 0) is 9.47 Å². The summed E-state index contributed by atoms with van der Waals surface area (Å²) in [6.45, 7) is 1.21. The summed E-state index contributed by atoms with van der Waals surface area (Å²) >= 11 is 1.35. The molecule has 0 spiro atoms. The van der Waals surface area contributed by atoms with Crippen LogP contribution in [-0.4, -0.2) is 29.0 Å². The molecule has 5 nitrogen and oxygen atoms in total. The number of thiazole rings is 1. The minimum Gasteiger partial charge on any atom is -0.348 e. The molecule has 5 rings (SSSR count). The third-order valence-electron chi connectivity index (χ3n) is 4.87. The van der Waals surface area contributed by atoms with Crippen LogP contribution < -0.4 is 0 Å². The Labute approximate surface area is 176 Å². The Kier molecular flexibility index (Phi) is 5.08. The van der Waals surface area contributed by atoms with Crippen molar-refractivity contribution in [1.29, 1.82) is 0 Å². The molecule has 0 amide bonds. The number of fused-ring (bicyclic) bond motifs is 1. The first-order valence-electron chi connectivity index (χ1n) is 9.58. The topological polar surface area (TPSA) is 61.3 Å². The molecule has 0 N–H and O–H groups in total. The summed E-state index contributed by atoms with van der Waals surface area (Å²) in [6.07, 6.45) is 1.90. The van der Waals surface area contributed by atoms with E-state index in [-0.39, 0.29) is 11.6 Å². The number of benzene rings is 2. The molecule has 2 aromatic heterocycles. The summed E-state index contributed by atoms with van der Waals surface area (Å²) in [5, 5.41) is 0.557. The highest BCUT2D eigenvalue weighted by Crippen LogP contribution is 2.34. The van der Waals surface area contributed by atoms with Crippen molar-refractivity contribution in [3.05, 3.63) is 83.4 Å². The first-order valence-corrected chi connectivity index (χ1v) is 10.4. The molecule has 2 aromatic carbocycles. The first-order chi connectivity index (χ1) is 14.7. The number of carbonyl (C=O) groups excluding carboxylic acids is 1. The largest absolute Gasteiger partial charge is 0.348 e. The average molecular weight is 420 g/mol. The molecule has 0 radical (unpaired) electrons. The monoisotopic (exact) mass is 420 g/mol. The number of hydrogen-bond donors (Lipinski definition) is 0. The Balaban J connectivity index is 1.46. The molecule has 0 aliphatic carbocycles. The first kappa shape index (κ1) is 19.0. The maximum absolute atomic E-state index is 14.8. The Morgan fingerprint density at radius 3 is 2.70 bits per heavy atom. The van der Waals surface area contributed by atoms with Gasteiger partial charge < -0.3 is 9.47 Å². The van der Waals surface area contributed by atoms with Crippen molar-refractivity contribution in [2.24, 2.45) is 0 Å². The molecule has 0 bridgehead atoms. The van der Waals surface area contributed by atoms with Crippen molar-refractivity contribution < 1.29 is 18.7 Å². The fraction of sp³-hybridized carbons (Fsp3) is 0.174. The van der Waals surface area contributed by atoms with Gasteiger partial charge in [-0.3, -0.25) is 9.78 Å². The van der Waals surface area contributed by atoms with Gasteiger partial charge in [0.15, 0.2) is 6.29 Å². The summed E-state index contributed by atoms with van der Waals surface area (Å²) in [5.41, 5.74) is 2.69. The van der Waals surface area contributed by atoms with Crippen molar-refractivity contribution in [3.63, 3.8) is 0 Å². The lowest BCUT2D eigenvalue weighted by Gasteiger charge is -2.23. The molecule has 0 saturated carbocycles. The van der Waals surface area contributed by atoms with E-state index >= 15 is 0 Å². The zero-order valence-corrected chi connectivity index (χ0v) is 16.7. The summed E-state index contributed by atoms with van der Waals surface area (Å²) in [7, 11) is 0. The minimum absolute atomic E-state index is 0.157. The van der Waals surface area contributed by atoms with Gasteiger partial charge in [0.1, 0.15) is 16.5 Å². The van der Waals surface area contributed by atoms with Gasteiger partial charge in [-0.2, -0.15) is 0 Å². The van der Waals surface area contributed by atoms with Gasteiger partial charge in [-0.1, -0.05) is 12.1 Å². The van der Waals surface area contributed by atoms with Crippen LogP contribution in [0.4, 0.5) is 4.39 Å². The van der Waals surface area contributed by atoms with Crippen molar-refractivity contribution in [3.8, 4) is 10.6 Å². The Morgan fingerprint density at radius 2 is 1.93 bits per heavy atom. The van der Waals surface area contributed by atoms with E-state index in [2.05, 4.69) is 9.97 Å². The molecule has 3 heterocycles. The smallest absolute Gasteiger partial charge is 0.211 e. The van der Waals surface area contributed by atoms with E-state index in [1.54, 1.807) is 54.7 Å². The fourth-order valence-corrected chi connectivity index (χ4v) is 4.39. The van der Waals surface area contributed by atoms with Crippen LogP contribution in [0.1, 0.15) is 34.3 Å². The van der Waals surface area contributed by atoms with Crippen LogP contribution in [0.15, 0.2) is 60.8 Å². The molecule has 0 unspecified atom stereocenters. The van der Waals surface area contributed by atoms with Crippen molar-refractivity contribution in [1.82, 2.24) is 9.97 Å². The molecular formula is C23H17FN2O3S. The normalized spacial score (nSPS) is 14.8. The Bertz CT molecular complexity index is 1220. The van der Waals surface area contributed by atoms with Gasteiger partial charge in [-0.05, 0) is 48.9 Å². The molecule has 1 aliphatic heterocycles. The van der Waals surface area contributed by atoms with E-state index < -0.39 is 6.29 Å². The summed E-state index contributed by atoms with van der Waals surface area (Å²) in [4.78, 5) is 21.3. The van der Waals surface area contributed by atoms with E-state index in [1.807, 2.05) is 0 Å². The number of halogens is 1. The van der Waals surface area contributed by atoms with Gasteiger partial charge in [0.05, 0.1) is 23.4 Å². The molecular weight excluding hydrogens is 403 g/mol. The van der Waals surface area contributed by atoms with Crippen molar-refractivity contribution in [2.45, 2.75) is 12.7 Å². The van der Waals surface area contributed by atoms with Gasteiger partial charge in [0.25, 0.3) is 0 Å². The third kappa shape index (κ3) is 3.63. The van der Waals surface area contributed by atoms with E-state index in [4.69, 9.17) is 9.47 Å². The summed E-state index contributed by atoms with van der Waals surface area (Å²) in [6, 6.07) is 15.4. The number of pyridine rings is 1. The molecule has 7 heteroatoms. The lowest BCUT2D eigenvalue weighted by atomic mass is 10.1. The molecule has 4 aromatic rings. The van der Waals surface area contributed by atoms with Gasteiger partial charge in [-0.25, -0.2) is 9.37 Å². The van der Waals surface area contributed by atoms with E-state index in [1.165, 1.54) is 17.4 Å². The second kappa shape index (κ2) is 8.02. The highest BCUT2D eigenvalue weighted by Gasteiger charge is 2.20. The number of ketones is 1. The second-order valence-corrected chi connectivity index (χ2v) is 7.94. The van der Waals surface area contributed by atoms with Gasteiger partial charge in [0, 0.05) is 22.9 Å². The second-order valence-electron chi connectivity index (χ2n) is 6.91. The maximum atomic E-state index is 14.8. The van der Waals surface area contributed by atoms with E-state index in [0.717, 1.165) is 16.6 Å². The molecule has 1 fully saturated rings. The molecule has 30 heavy (non-hydrogen) atoms. The van der Waals surface area contributed by atoms with Crippen LogP contribution in [0, 0.1) is 5.82 Å². The molecule has 1 saturated heterocycles. The van der Waals surface area contributed by atoms with Crippen LogP contribution in [0.2, 0.25) is 0 Å². The van der Waals surface area contributed by atoms with Crippen molar-refractivity contribution in [2.75, 3.05) is 13.2 Å². The van der Waals surface area contributed by atoms with Crippen LogP contribution in [0.3, 0.4) is 0 Å². The Hall–Kier alpha value is -3.00.